The fourth-order valence-electron chi connectivity index (χ4n) is 6.38. The van der Waals surface area contributed by atoms with Gasteiger partial charge in [-0.15, -0.1) is 0 Å². The summed E-state index contributed by atoms with van der Waals surface area (Å²) in [4.78, 5) is 27.2. The van der Waals surface area contributed by atoms with Crippen LogP contribution >= 0.6 is 0 Å². The molecule has 41 heavy (non-hydrogen) atoms. The van der Waals surface area contributed by atoms with Gasteiger partial charge in [-0.3, -0.25) is 9.69 Å². The molecule has 1 spiro atoms. The summed E-state index contributed by atoms with van der Waals surface area (Å²) in [5.41, 5.74) is 4.56. The van der Waals surface area contributed by atoms with Crippen LogP contribution in [0.25, 0.3) is 10.9 Å². The number of aromatic amines is 1. The molecule has 1 fully saturated rings. The van der Waals surface area contributed by atoms with E-state index in [1.807, 2.05) is 6.07 Å². The number of carbonyl (C=O) groups excluding carboxylic acids is 1. The monoisotopic (exact) mass is 558 g/mol. The Labute approximate surface area is 238 Å². The molecule has 2 aliphatic rings. The zero-order valence-corrected chi connectivity index (χ0v) is 23.6. The van der Waals surface area contributed by atoms with Crippen LogP contribution in [0.15, 0.2) is 72.8 Å². The van der Waals surface area contributed by atoms with Crippen molar-refractivity contribution in [2.45, 2.75) is 50.2 Å². The van der Waals surface area contributed by atoms with Crippen LogP contribution in [0.2, 0.25) is 0 Å². The summed E-state index contributed by atoms with van der Waals surface area (Å²) >= 11 is 0. The number of hydrogen-bond donors (Lipinski definition) is 2. The first kappa shape index (κ1) is 28.5. The lowest BCUT2D eigenvalue weighted by Gasteiger charge is -2.50. The first-order chi connectivity index (χ1) is 19.6. The Kier molecular flexibility index (Phi) is 7.98. The molecule has 7 nitrogen and oxygen atoms in total. The normalized spacial score (nSPS) is 21.7. The standard InChI is InChI=1S/C24H27FN2O.C9H8O4/c1-27(2)23(17-6-4-3-5-7-17)11-13-24(14-12-23)22-19(10-15-28-24)20-16-18(25)8-9-21(20)26-22;1-6(10)13-8-5-3-2-4-7(8)9(11)12/h3-9,16,26H,10-15H2,1-2H3;2-5H,1H3,(H,11,12). The molecule has 0 radical (unpaired) electrons. The van der Waals surface area contributed by atoms with Crippen LogP contribution in [-0.2, 0) is 27.1 Å². The summed E-state index contributed by atoms with van der Waals surface area (Å²) in [6.45, 7) is 1.93. The minimum absolute atomic E-state index is 0.0160. The molecule has 2 N–H and O–H groups in total. The number of aromatic nitrogens is 1. The van der Waals surface area contributed by atoms with Gasteiger partial charge in [0, 0.05) is 23.4 Å². The maximum atomic E-state index is 13.8. The molecule has 1 aliphatic carbocycles. The number of aromatic carboxylic acids is 1. The van der Waals surface area contributed by atoms with Gasteiger partial charge in [0.15, 0.2) is 0 Å². The molecular formula is C33H35FN2O5. The maximum absolute atomic E-state index is 13.8. The number of esters is 1. The summed E-state index contributed by atoms with van der Waals surface area (Å²) in [5, 5.41) is 9.71. The summed E-state index contributed by atoms with van der Waals surface area (Å²) < 4.78 is 25.0. The second-order valence-corrected chi connectivity index (χ2v) is 10.9. The third kappa shape index (κ3) is 5.49. The summed E-state index contributed by atoms with van der Waals surface area (Å²) in [7, 11) is 4.37. The summed E-state index contributed by atoms with van der Waals surface area (Å²) in [6.07, 6.45) is 4.84. The molecule has 4 aromatic rings. The number of halogens is 1. The molecule has 0 atom stereocenters. The van der Waals surface area contributed by atoms with Crippen molar-refractivity contribution in [2.75, 3.05) is 20.7 Å². The topological polar surface area (TPSA) is 91.9 Å². The van der Waals surface area contributed by atoms with Crippen molar-refractivity contribution in [1.29, 1.82) is 0 Å². The lowest BCUT2D eigenvalue weighted by Crippen LogP contribution is -2.50. The quantitative estimate of drug-likeness (QED) is 0.222. The molecule has 1 aliphatic heterocycles. The number of nitrogens with one attached hydrogen (secondary N) is 1. The van der Waals surface area contributed by atoms with Crippen LogP contribution in [0, 0.1) is 5.82 Å². The van der Waals surface area contributed by atoms with Gasteiger partial charge in [0.05, 0.1) is 12.3 Å². The molecule has 0 bridgehead atoms. The third-order valence-electron chi connectivity index (χ3n) is 8.48. The SMILES string of the molecule is CC(=O)Oc1ccccc1C(=O)O.CN(C)C1(c2ccccc2)CCC2(CC1)OCCc1c2[nH]c2ccc(F)cc12. The molecule has 2 heterocycles. The van der Waals surface area contributed by atoms with Gasteiger partial charge in [0.25, 0.3) is 0 Å². The second-order valence-electron chi connectivity index (χ2n) is 10.9. The van der Waals surface area contributed by atoms with Gasteiger partial charge in [-0.25, -0.2) is 9.18 Å². The highest BCUT2D eigenvalue weighted by Crippen LogP contribution is 2.52. The van der Waals surface area contributed by atoms with E-state index >= 15 is 0 Å². The molecule has 1 aromatic heterocycles. The number of ether oxygens (including phenoxy) is 2. The Balaban J connectivity index is 0.000000219. The van der Waals surface area contributed by atoms with Crippen LogP contribution in [0.5, 0.6) is 5.75 Å². The van der Waals surface area contributed by atoms with Gasteiger partial charge in [0.2, 0.25) is 0 Å². The number of benzene rings is 3. The van der Waals surface area contributed by atoms with Gasteiger partial charge in [0.1, 0.15) is 22.7 Å². The Morgan fingerprint density at radius 3 is 2.32 bits per heavy atom. The van der Waals surface area contributed by atoms with Crippen molar-refractivity contribution in [1.82, 2.24) is 9.88 Å². The van der Waals surface area contributed by atoms with Gasteiger partial charge >= 0.3 is 11.9 Å². The van der Waals surface area contributed by atoms with Crippen molar-refractivity contribution < 1.29 is 28.6 Å². The van der Waals surface area contributed by atoms with E-state index in [2.05, 4.69) is 59.0 Å². The number of fused-ring (bicyclic) bond motifs is 4. The van der Waals surface area contributed by atoms with E-state index in [4.69, 9.17) is 9.84 Å². The highest BCUT2D eigenvalue weighted by Gasteiger charge is 2.49. The molecule has 0 unspecified atom stereocenters. The molecule has 8 heteroatoms. The number of carbonyl (C=O) groups is 2. The van der Waals surface area contributed by atoms with Crippen molar-refractivity contribution >= 4 is 22.8 Å². The van der Waals surface area contributed by atoms with Crippen molar-refractivity contribution in [3.05, 3.63) is 101 Å². The Hall–Kier alpha value is -4.01. The molecule has 214 valence electrons. The van der Waals surface area contributed by atoms with E-state index in [-0.39, 0.29) is 28.3 Å². The van der Waals surface area contributed by atoms with Crippen LogP contribution in [0.3, 0.4) is 0 Å². The average molecular weight is 559 g/mol. The molecule has 6 rings (SSSR count). The molecule has 1 saturated carbocycles. The van der Waals surface area contributed by atoms with Crippen molar-refractivity contribution in [2.24, 2.45) is 0 Å². The summed E-state index contributed by atoms with van der Waals surface area (Å²) in [5.74, 6) is -1.75. The fourth-order valence-corrected chi connectivity index (χ4v) is 6.38. The van der Waals surface area contributed by atoms with E-state index < -0.39 is 11.9 Å². The predicted octanol–water partition coefficient (Wildman–Crippen LogP) is 6.42. The first-order valence-corrected chi connectivity index (χ1v) is 13.8. The number of carboxylic acid groups (broad SMARTS) is 1. The minimum Gasteiger partial charge on any atom is -0.478 e. The lowest BCUT2D eigenvalue weighted by molar-refractivity contribution is -0.131. The van der Waals surface area contributed by atoms with Crippen LogP contribution in [0.4, 0.5) is 4.39 Å². The lowest BCUT2D eigenvalue weighted by atomic mass is 9.68. The summed E-state index contributed by atoms with van der Waals surface area (Å²) in [6, 6.07) is 21.9. The number of para-hydroxylation sites is 1. The van der Waals surface area contributed by atoms with Gasteiger partial charge < -0.3 is 19.6 Å². The van der Waals surface area contributed by atoms with Crippen molar-refractivity contribution in [3.63, 3.8) is 0 Å². The molecular weight excluding hydrogens is 523 g/mol. The largest absolute Gasteiger partial charge is 0.478 e. The van der Waals surface area contributed by atoms with E-state index in [0.29, 0.717) is 6.61 Å². The third-order valence-corrected chi connectivity index (χ3v) is 8.48. The fraction of sp³-hybridized carbons (Fsp3) is 0.333. The number of nitrogens with zero attached hydrogens (tertiary/aromatic N) is 1. The van der Waals surface area contributed by atoms with Crippen LogP contribution in [0.1, 0.15) is 59.8 Å². The first-order valence-electron chi connectivity index (χ1n) is 13.8. The average Bonchev–Trinajstić information content (AvgIpc) is 3.33. The van der Waals surface area contributed by atoms with Gasteiger partial charge in [-0.1, -0.05) is 42.5 Å². The Bertz CT molecular complexity index is 1550. The van der Waals surface area contributed by atoms with Crippen LogP contribution in [-0.4, -0.2) is 47.6 Å². The molecule has 3 aromatic carbocycles. The molecule has 0 amide bonds. The van der Waals surface area contributed by atoms with E-state index in [0.717, 1.165) is 43.0 Å². The van der Waals surface area contributed by atoms with Gasteiger partial charge in [-0.05, 0) is 87.7 Å². The van der Waals surface area contributed by atoms with Gasteiger partial charge in [-0.2, -0.15) is 0 Å². The second kappa shape index (κ2) is 11.5. The highest BCUT2D eigenvalue weighted by atomic mass is 19.1. The van der Waals surface area contributed by atoms with E-state index in [1.165, 1.54) is 41.9 Å². The zero-order valence-electron chi connectivity index (χ0n) is 23.6. The predicted molar refractivity (Wildman–Crippen MR) is 155 cm³/mol. The van der Waals surface area contributed by atoms with E-state index in [9.17, 15) is 14.0 Å². The van der Waals surface area contributed by atoms with Crippen molar-refractivity contribution in [3.8, 4) is 5.75 Å². The number of hydrogen-bond acceptors (Lipinski definition) is 5. The van der Waals surface area contributed by atoms with E-state index in [1.54, 1.807) is 18.2 Å². The molecule has 0 saturated heterocycles. The smallest absolute Gasteiger partial charge is 0.339 e. The number of rotatable bonds is 4. The minimum atomic E-state index is -1.11. The Morgan fingerprint density at radius 2 is 1.66 bits per heavy atom. The number of carboxylic acids is 1. The maximum Gasteiger partial charge on any atom is 0.339 e. The zero-order chi connectivity index (χ0) is 29.2. The number of H-pyrrole nitrogens is 1. The van der Waals surface area contributed by atoms with Crippen LogP contribution < -0.4 is 4.74 Å². The Morgan fingerprint density at radius 1 is 0.976 bits per heavy atom. The highest BCUT2D eigenvalue weighted by molar-refractivity contribution is 5.91.